The summed E-state index contributed by atoms with van der Waals surface area (Å²) >= 11 is 3.16. The monoisotopic (exact) mass is 379 g/mol. The Kier molecular flexibility index (Phi) is 4.78. The molecule has 1 aliphatic rings. The van der Waals surface area contributed by atoms with Gasteiger partial charge in [0.2, 0.25) is 10.0 Å². The summed E-state index contributed by atoms with van der Waals surface area (Å²) in [4.78, 5) is -0.374. The fourth-order valence-electron chi connectivity index (χ4n) is 2.39. The van der Waals surface area contributed by atoms with E-state index in [0.29, 0.717) is 17.6 Å². The van der Waals surface area contributed by atoms with Crippen LogP contribution in [0.15, 0.2) is 21.5 Å². The van der Waals surface area contributed by atoms with Gasteiger partial charge in [0.1, 0.15) is 10.7 Å². The van der Waals surface area contributed by atoms with Gasteiger partial charge in [-0.2, -0.15) is 4.31 Å². The molecule has 21 heavy (non-hydrogen) atoms. The zero-order chi connectivity index (χ0) is 15.8. The number of hydrogen-bond donors (Lipinski definition) is 1. The summed E-state index contributed by atoms with van der Waals surface area (Å²) in [6, 6.07) is 2.64. The molecule has 0 aromatic heterocycles. The van der Waals surface area contributed by atoms with Crippen molar-refractivity contribution in [1.82, 2.24) is 4.31 Å². The van der Waals surface area contributed by atoms with E-state index in [1.54, 1.807) is 0 Å². The number of benzene rings is 1. The molecule has 1 aliphatic heterocycles. The molecule has 1 saturated heterocycles. The van der Waals surface area contributed by atoms with Gasteiger partial charge in [-0.05, 0) is 30.4 Å². The molecule has 0 aliphatic carbocycles. The van der Waals surface area contributed by atoms with Crippen LogP contribution >= 0.6 is 15.9 Å². The van der Waals surface area contributed by atoms with E-state index in [9.17, 15) is 12.8 Å². The largest absolute Gasteiger partial charge is 0.392 e. The number of aliphatic hydroxyl groups is 1. The Balaban J connectivity index is 2.39. The van der Waals surface area contributed by atoms with Crippen LogP contribution in [0.4, 0.5) is 4.39 Å². The fourth-order valence-corrected chi connectivity index (χ4v) is 4.62. The van der Waals surface area contributed by atoms with Crippen molar-refractivity contribution >= 4 is 26.0 Å². The van der Waals surface area contributed by atoms with Crippen LogP contribution in [0.3, 0.4) is 0 Å². The van der Waals surface area contributed by atoms with E-state index in [1.807, 2.05) is 0 Å². The highest BCUT2D eigenvalue weighted by Crippen LogP contribution is 2.34. The molecule has 2 rings (SSSR count). The molecule has 0 bridgehead atoms. The van der Waals surface area contributed by atoms with Crippen LogP contribution in [0.25, 0.3) is 0 Å². The Morgan fingerprint density at radius 1 is 1.33 bits per heavy atom. The second-order valence-corrected chi connectivity index (χ2v) is 8.93. The maximum Gasteiger partial charge on any atom is 0.246 e. The summed E-state index contributed by atoms with van der Waals surface area (Å²) in [6.07, 6.45) is 1.49. The molecule has 118 valence electrons. The number of piperidine rings is 1. The Labute approximate surface area is 133 Å². The third-order valence-electron chi connectivity index (χ3n) is 3.94. The first-order chi connectivity index (χ1) is 9.67. The van der Waals surface area contributed by atoms with E-state index in [-0.39, 0.29) is 15.9 Å². The van der Waals surface area contributed by atoms with E-state index in [0.717, 1.165) is 12.8 Å². The van der Waals surface area contributed by atoms with Gasteiger partial charge in [0.15, 0.2) is 0 Å². The van der Waals surface area contributed by atoms with Crippen LogP contribution in [0.5, 0.6) is 0 Å². The molecule has 7 heteroatoms. The molecule has 0 unspecified atom stereocenters. The minimum Gasteiger partial charge on any atom is -0.392 e. The predicted molar refractivity (Wildman–Crippen MR) is 81.8 cm³/mol. The highest BCUT2D eigenvalue weighted by Gasteiger charge is 2.34. The number of aliphatic hydroxyl groups excluding tert-OH is 1. The predicted octanol–water partition coefficient (Wildman–Crippen LogP) is 2.89. The molecule has 1 heterocycles. The molecular weight excluding hydrogens is 361 g/mol. The molecule has 1 fully saturated rings. The van der Waals surface area contributed by atoms with Crippen LogP contribution in [-0.2, 0) is 16.6 Å². The van der Waals surface area contributed by atoms with Crippen molar-refractivity contribution in [3.05, 3.63) is 28.0 Å². The topological polar surface area (TPSA) is 57.6 Å². The average Bonchev–Trinajstić information content (AvgIpc) is 2.40. The van der Waals surface area contributed by atoms with E-state index in [2.05, 4.69) is 29.8 Å². The molecule has 1 aromatic rings. The van der Waals surface area contributed by atoms with E-state index >= 15 is 0 Å². The average molecular weight is 380 g/mol. The number of hydrogen-bond acceptors (Lipinski definition) is 3. The quantitative estimate of drug-likeness (QED) is 0.878. The first-order valence-electron chi connectivity index (χ1n) is 6.76. The maximum absolute atomic E-state index is 14.3. The zero-order valence-electron chi connectivity index (χ0n) is 12.1. The van der Waals surface area contributed by atoms with Gasteiger partial charge >= 0.3 is 0 Å². The summed E-state index contributed by atoms with van der Waals surface area (Å²) in [6.45, 7) is 4.42. The smallest absolute Gasteiger partial charge is 0.246 e. The SMILES string of the molecule is CC1(C)CCN(S(=O)(=O)c2cc(Br)cc(CO)c2F)CC1. The second-order valence-electron chi connectivity index (χ2n) is 6.10. The summed E-state index contributed by atoms with van der Waals surface area (Å²) < 4.78 is 41.3. The first kappa shape index (κ1) is 16.9. The minimum absolute atomic E-state index is 0.0275. The number of halogens is 2. The first-order valence-corrected chi connectivity index (χ1v) is 9.00. The van der Waals surface area contributed by atoms with Crippen molar-refractivity contribution in [3.63, 3.8) is 0 Å². The normalized spacial score (nSPS) is 19.7. The Morgan fingerprint density at radius 3 is 2.43 bits per heavy atom. The second kappa shape index (κ2) is 5.95. The summed E-state index contributed by atoms with van der Waals surface area (Å²) in [5.41, 5.74) is 0.0817. The number of sulfonamides is 1. The zero-order valence-corrected chi connectivity index (χ0v) is 14.5. The summed E-state index contributed by atoms with van der Waals surface area (Å²) in [5.74, 6) is -0.870. The summed E-state index contributed by atoms with van der Waals surface area (Å²) in [5, 5.41) is 9.14. The van der Waals surface area contributed by atoms with Crippen molar-refractivity contribution in [1.29, 1.82) is 0 Å². The van der Waals surface area contributed by atoms with Crippen molar-refractivity contribution in [3.8, 4) is 0 Å². The van der Waals surface area contributed by atoms with Crippen molar-refractivity contribution in [2.45, 2.75) is 38.2 Å². The highest BCUT2D eigenvalue weighted by atomic mass is 79.9. The van der Waals surface area contributed by atoms with Crippen LogP contribution in [0.2, 0.25) is 0 Å². The molecule has 0 saturated carbocycles. The minimum atomic E-state index is -3.88. The Morgan fingerprint density at radius 2 is 1.90 bits per heavy atom. The van der Waals surface area contributed by atoms with Gasteiger partial charge in [-0.25, -0.2) is 12.8 Å². The lowest BCUT2D eigenvalue weighted by molar-refractivity contribution is 0.195. The maximum atomic E-state index is 14.3. The third-order valence-corrected chi connectivity index (χ3v) is 6.30. The third kappa shape index (κ3) is 3.47. The fraction of sp³-hybridized carbons (Fsp3) is 0.571. The van der Waals surface area contributed by atoms with Gasteiger partial charge in [0, 0.05) is 23.1 Å². The lowest BCUT2D eigenvalue weighted by atomic mass is 9.83. The molecular formula is C14H19BrFNO3S. The molecule has 1 aromatic carbocycles. The molecule has 0 spiro atoms. The molecule has 1 N–H and O–H groups in total. The summed E-state index contributed by atoms with van der Waals surface area (Å²) in [7, 11) is -3.88. The van der Waals surface area contributed by atoms with Crippen LogP contribution < -0.4 is 0 Å². The van der Waals surface area contributed by atoms with Crippen LogP contribution in [-0.4, -0.2) is 30.9 Å². The highest BCUT2D eigenvalue weighted by molar-refractivity contribution is 9.10. The molecule has 0 amide bonds. The van der Waals surface area contributed by atoms with Gasteiger partial charge in [-0.15, -0.1) is 0 Å². The van der Waals surface area contributed by atoms with E-state index < -0.39 is 22.4 Å². The van der Waals surface area contributed by atoms with Crippen LogP contribution in [0, 0.1) is 11.2 Å². The van der Waals surface area contributed by atoms with Crippen molar-refractivity contribution in [2.24, 2.45) is 5.41 Å². The van der Waals surface area contributed by atoms with Gasteiger partial charge in [0.05, 0.1) is 6.61 Å². The van der Waals surface area contributed by atoms with Crippen LogP contribution in [0.1, 0.15) is 32.3 Å². The molecule has 0 atom stereocenters. The lowest BCUT2D eigenvalue weighted by Gasteiger charge is -2.36. The van der Waals surface area contributed by atoms with Crippen molar-refractivity contribution < 1.29 is 17.9 Å². The van der Waals surface area contributed by atoms with E-state index in [4.69, 9.17) is 5.11 Å². The standard InChI is InChI=1S/C14H19BrFNO3S/c1-14(2)3-5-17(6-4-14)21(19,20)12-8-11(15)7-10(9-18)13(12)16/h7-8,18H,3-6,9H2,1-2H3. The number of rotatable bonds is 3. The van der Waals surface area contributed by atoms with Gasteiger partial charge in [-0.3, -0.25) is 0 Å². The molecule has 4 nitrogen and oxygen atoms in total. The lowest BCUT2D eigenvalue weighted by Crippen LogP contribution is -2.41. The Bertz CT molecular complexity index is 636. The number of nitrogens with zero attached hydrogens (tertiary/aromatic N) is 1. The van der Waals surface area contributed by atoms with Crippen molar-refractivity contribution in [2.75, 3.05) is 13.1 Å². The van der Waals surface area contributed by atoms with Gasteiger partial charge < -0.3 is 5.11 Å². The van der Waals surface area contributed by atoms with E-state index in [1.165, 1.54) is 16.4 Å². The Hall–Kier alpha value is -0.500. The molecule has 0 radical (unpaired) electrons. The van der Waals surface area contributed by atoms with Gasteiger partial charge in [-0.1, -0.05) is 29.8 Å². The van der Waals surface area contributed by atoms with Gasteiger partial charge in [0.25, 0.3) is 0 Å².